The van der Waals surface area contributed by atoms with Crippen LogP contribution in [0.1, 0.15) is 12.6 Å². The summed E-state index contributed by atoms with van der Waals surface area (Å²) < 4.78 is 19.5. The highest BCUT2D eigenvalue weighted by Crippen LogP contribution is 2.34. The number of aromatic hydroxyl groups is 1. The maximum absolute atomic E-state index is 14.1. The van der Waals surface area contributed by atoms with Crippen LogP contribution in [-0.4, -0.2) is 15.1 Å². The molecule has 0 amide bonds. The van der Waals surface area contributed by atoms with E-state index in [0.717, 1.165) is 10.8 Å². The number of hydrogen-bond donors (Lipinski definition) is 1. The third kappa shape index (κ3) is 2.50. The van der Waals surface area contributed by atoms with E-state index in [4.69, 9.17) is 4.74 Å². The second-order valence-electron chi connectivity index (χ2n) is 4.56. The molecule has 1 aromatic heterocycles. The predicted molar refractivity (Wildman–Crippen MR) is 77.1 cm³/mol. The molecule has 3 aromatic rings. The Balaban J connectivity index is 2.04. The Hall–Kier alpha value is -2.69. The fourth-order valence-corrected chi connectivity index (χ4v) is 2.10. The number of phenols is 1. The van der Waals surface area contributed by atoms with Gasteiger partial charge in [-0.25, -0.2) is 4.98 Å². The molecule has 0 fully saturated rings. The van der Waals surface area contributed by atoms with Crippen LogP contribution in [-0.2, 0) is 6.42 Å². The molecular formula is C16H13FN2O2. The molecule has 0 unspecified atom stereocenters. The van der Waals surface area contributed by atoms with Gasteiger partial charge in [0, 0.05) is 0 Å². The first-order valence-electron chi connectivity index (χ1n) is 6.58. The van der Waals surface area contributed by atoms with E-state index < -0.39 is 5.82 Å². The summed E-state index contributed by atoms with van der Waals surface area (Å²) in [6, 6.07) is 10.7. The summed E-state index contributed by atoms with van der Waals surface area (Å²) in [7, 11) is 0. The van der Waals surface area contributed by atoms with E-state index >= 15 is 0 Å². The quantitative estimate of drug-likeness (QED) is 0.794. The lowest BCUT2D eigenvalue weighted by molar-refractivity contribution is 0.381. The molecule has 0 bridgehead atoms. The average molecular weight is 284 g/mol. The van der Waals surface area contributed by atoms with Gasteiger partial charge in [0.25, 0.3) is 5.88 Å². The van der Waals surface area contributed by atoms with Crippen molar-refractivity contribution in [1.82, 2.24) is 9.97 Å². The predicted octanol–water partition coefficient (Wildman–Crippen LogP) is 3.83. The topological polar surface area (TPSA) is 55.2 Å². The van der Waals surface area contributed by atoms with E-state index in [9.17, 15) is 9.50 Å². The number of halogens is 1. The first-order valence-corrected chi connectivity index (χ1v) is 6.58. The maximum atomic E-state index is 14.1. The van der Waals surface area contributed by atoms with Crippen LogP contribution in [0.2, 0.25) is 0 Å². The van der Waals surface area contributed by atoms with Crippen molar-refractivity contribution >= 4 is 10.8 Å². The Labute approximate surface area is 120 Å². The van der Waals surface area contributed by atoms with E-state index in [0.29, 0.717) is 6.42 Å². The van der Waals surface area contributed by atoms with Gasteiger partial charge in [0.15, 0.2) is 11.5 Å². The van der Waals surface area contributed by atoms with Crippen LogP contribution in [0.25, 0.3) is 10.8 Å². The molecule has 106 valence electrons. The van der Waals surface area contributed by atoms with Gasteiger partial charge >= 0.3 is 0 Å². The average Bonchev–Trinajstić information content (AvgIpc) is 2.50. The van der Waals surface area contributed by atoms with Crippen LogP contribution in [0.4, 0.5) is 4.39 Å². The maximum Gasteiger partial charge on any atom is 0.259 e. The van der Waals surface area contributed by atoms with Crippen molar-refractivity contribution in [1.29, 1.82) is 0 Å². The molecule has 0 saturated heterocycles. The van der Waals surface area contributed by atoms with Gasteiger partial charge in [-0.2, -0.15) is 9.37 Å². The lowest BCUT2D eigenvalue weighted by Crippen LogP contribution is -1.99. The molecule has 1 N–H and O–H groups in total. The number of fused-ring (bicyclic) bond motifs is 1. The van der Waals surface area contributed by atoms with Crippen LogP contribution in [0.15, 0.2) is 42.7 Å². The molecule has 1 heterocycles. The van der Waals surface area contributed by atoms with Gasteiger partial charge in [0.05, 0.1) is 5.69 Å². The Bertz CT molecular complexity index is 805. The molecule has 0 aliphatic rings. The first-order chi connectivity index (χ1) is 10.2. The third-order valence-electron chi connectivity index (χ3n) is 3.20. The standard InChI is InChI=1S/C16H13FN2O2/c1-2-12-15(17)16(19-9-18-12)21-14-8-11-6-4-3-5-10(11)7-13(14)20/h3-9,20H,2H2,1H3. The number of phenolic OH excluding ortho intramolecular Hbond substituents is 1. The van der Waals surface area contributed by atoms with Crippen molar-refractivity contribution in [2.24, 2.45) is 0 Å². The normalized spacial score (nSPS) is 10.8. The Kier molecular flexibility index (Phi) is 3.39. The number of rotatable bonds is 3. The van der Waals surface area contributed by atoms with Gasteiger partial charge < -0.3 is 9.84 Å². The van der Waals surface area contributed by atoms with Crippen molar-refractivity contribution in [2.45, 2.75) is 13.3 Å². The number of hydrogen-bond acceptors (Lipinski definition) is 4. The number of aromatic nitrogens is 2. The highest BCUT2D eigenvalue weighted by molar-refractivity contribution is 5.86. The fraction of sp³-hybridized carbons (Fsp3) is 0.125. The zero-order chi connectivity index (χ0) is 14.8. The van der Waals surface area contributed by atoms with Crippen molar-refractivity contribution in [3.63, 3.8) is 0 Å². The number of nitrogens with zero attached hydrogens (tertiary/aromatic N) is 2. The molecule has 0 aliphatic carbocycles. The van der Waals surface area contributed by atoms with Crippen molar-refractivity contribution in [2.75, 3.05) is 0 Å². The van der Waals surface area contributed by atoms with E-state index in [-0.39, 0.29) is 23.1 Å². The summed E-state index contributed by atoms with van der Waals surface area (Å²) in [4.78, 5) is 7.63. The third-order valence-corrected chi connectivity index (χ3v) is 3.20. The van der Waals surface area contributed by atoms with Crippen LogP contribution in [0, 0.1) is 5.82 Å². The summed E-state index contributed by atoms with van der Waals surface area (Å²) in [5, 5.41) is 11.8. The summed E-state index contributed by atoms with van der Waals surface area (Å²) in [5.41, 5.74) is 0.278. The minimum atomic E-state index is -0.604. The number of benzene rings is 2. The minimum absolute atomic E-state index is 0.0650. The Morgan fingerprint density at radius 1 is 1.14 bits per heavy atom. The second-order valence-corrected chi connectivity index (χ2v) is 4.56. The largest absolute Gasteiger partial charge is 0.504 e. The molecule has 3 rings (SSSR count). The van der Waals surface area contributed by atoms with Gasteiger partial charge in [-0.15, -0.1) is 0 Å². The zero-order valence-electron chi connectivity index (χ0n) is 11.4. The molecular weight excluding hydrogens is 271 g/mol. The van der Waals surface area contributed by atoms with Crippen LogP contribution >= 0.6 is 0 Å². The second kappa shape index (κ2) is 5.36. The van der Waals surface area contributed by atoms with Gasteiger partial charge in [-0.1, -0.05) is 31.2 Å². The van der Waals surface area contributed by atoms with Gasteiger partial charge in [0.1, 0.15) is 6.33 Å². The molecule has 2 aromatic carbocycles. The highest BCUT2D eigenvalue weighted by Gasteiger charge is 2.14. The highest BCUT2D eigenvalue weighted by atomic mass is 19.1. The fourth-order valence-electron chi connectivity index (χ4n) is 2.10. The molecule has 0 aliphatic heterocycles. The molecule has 0 spiro atoms. The summed E-state index contributed by atoms with van der Waals surface area (Å²) in [5.74, 6) is -0.696. The van der Waals surface area contributed by atoms with Crippen LogP contribution in [0.5, 0.6) is 17.4 Å². The Morgan fingerprint density at radius 2 is 1.86 bits per heavy atom. The summed E-state index contributed by atoms with van der Waals surface area (Å²) in [6.45, 7) is 1.79. The van der Waals surface area contributed by atoms with E-state index in [1.165, 1.54) is 6.33 Å². The van der Waals surface area contributed by atoms with Crippen LogP contribution in [0.3, 0.4) is 0 Å². The summed E-state index contributed by atoms with van der Waals surface area (Å²) >= 11 is 0. The molecule has 21 heavy (non-hydrogen) atoms. The lowest BCUT2D eigenvalue weighted by Gasteiger charge is -2.10. The van der Waals surface area contributed by atoms with Gasteiger partial charge in [-0.3, -0.25) is 0 Å². The number of ether oxygens (including phenoxy) is 1. The SMILES string of the molecule is CCc1ncnc(Oc2cc3ccccc3cc2O)c1F. The minimum Gasteiger partial charge on any atom is -0.504 e. The van der Waals surface area contributed by atoms with Gasteiger partial charge in [0.2, 0.25) is 5.82 Å². The van der Waals surface area contributed by atoms with E-state index in [1.54, 1.807) is 19.1 Å². The Morgan fingerprint density at radius 3 is 2.57 bits per heavy atom. The first kappa shape index (κ1) is 13.3. The van der Waals surface area contributed by atoms with Gasteiger partial charge in [-0.05, 0) is 29.3 Å². The molecule has 5 heteroatoms. The molecule has 0 atom stereocenters. The monoisotopic (exact) mass is 284 g/mol. The van der Waals surface area contributed by atoms with Crippen LogP contribution < -0.4 is 4.74 Å². The number of aryl methyl sites for hydroxylation is 1. The molecule has 4 nitrogen and oxygen atoms in total. The van der Waals surface area contributed by atoms with E-state index in [2.05, 4.69) is 9.97 Å². The van der Waals surface area contributed by atoms with Crippen molar-refractivity contribution in [3.05, 3.63) is 54.2 Å². The van der Waals surface area contributed by atoms with Crippen molar-refractivity contribution in [3.8, 4) is 17.4 Å². The smallest absolute Gasteiger partial charge is 0.259 e. The summed E-state index contributed by atoms with van der Waals surface area (Å²) in [6.07, 6.45) is 1.68. The van der Waals surface area contributed by atoms with Crippen molar-refractivity contribution < 1.29 is 14.2 Å². The lowest BCUT2D eigenvalue weighted by atomic mass is 10.1. The molecule has 0 radical (unpaired) electrons. The van der Waals surface area contributed by atoms with E-state index in [1.807, 2.05) is 24.3 Å². The molecule has 0 saturated carbocycles. The zero-order valence-corrected chi connectivity index (χ0v) is 11.4.